The van der Waals surface area contributed by atoms with Crippen molar-refractivity contribution in [2.24, 2.45) is 11.8 Å². The summed E-state index contributed by atoms with van der Waals surface area (Å²) >= 11 is 0. The Bertz CT molecular complexity index is 255. The van der Waals surface area contributed by atoms with Crippen LogP contribution in [0.25, 0.3) is 0 Å². The first-order chi connectivity index (χ1) is 7.43. The Morgan fingerprint density at radius 3 is 2.93 bits per heavy atom. The fourth-order valence-corrected chi connectivity index (χ4v) is 3.44. The molecule has 84 valence electrons. The summed E-state index contributed by atoms with van der Waals surface area (Å²) in [7, 11) is 0. The van der Waals surface area contributed by atoms with Crippen molar-refractivity contribution in [2.75, 3.05) is 26.3 Å². The smallest absolute Gasteiger partial charge is 0.0642 e. The van der Waals surface area contributed by atoms with Gasteiger partial charge in [-0.15, -0.1) is 0 Å². The SMILES string of the molecule is C1=C(N2CCOCC2)C2CCCC(C1)C2. The first-order valence-electron chi connectivity index (χ1n) is 6.46. The van der Waals surface area contributed by atoms with E-state index in [2.05, 4.69) is 11.0 Å². The molecule has 3 aliphatic rings. The van der Waals surface area contributed by atoms with Gasteiger partial charge in [-0.25, -0.2) is 0 Å². The Morgan fingerprint density at radius 1 is 1.20 bits per heavy atom. The molecular formula is C13H21NO. The zero-order valence-electron chi connectivity index (χ0n) is 9.45. The molecule has 1 saturated carbocycles. The summed E-state index contributed by atoms with van der Waals surface area (Å²) in [6.07, 6.45) is 9.69. The molecule has 1 saturated heterocycles. The largest absolute Gasteiger partial charge is 0.378 e. The monoisotopic (exact) mass is 207 g/mol. The van der Waals surface area contributed by atoms with Crippen LogP contribution in [0, 0.1) is 11.8 Å². The third-order valence-electron chi connectivity index (χ3n) is 4.24. The van der Waals surface area contributed by atoms with Crippen LogP contribution in [0.1, 0.15) is 32.1 Å². The van der Waals surface area contributed by atoms with E-state index < -0.39 is 0 Å². The average Bonchev–Trinajstić information content (AvgIpc) is 2.31. The van der Waals surface area contributed by atoms with E-state index in [1.165, 1.54) is 32.1 Å². The van der Waals surface area contributed by atoms with E-state index in [1.807, 2.05) is 0 Å². The van der Waals surface area contributed by atoms with Crippen molar-refractivity contribution in [2.45, 2.75) is 32.1 Å². The maximum Gasteiger partial charge on any atom is 0.0642 e. The van der Waals surface area contributed by atoms with Gasteiger partial charge in [0, 0.05) is 18.8 Å². The number of ether oxygens (including phenoxy) is 1. The number of morpholine rings is 1. The van der Waals surface area contributed by atoms with Crippen LogP contribution in [0.4, 0.5) is 0 Å². The number of allylic oxidation sites excluding steroid dienone is 2. The van der Waals surface area contributed by atoms with Crippen molar-refractivity contribution in [3.8, 4) is 0 Å². The highest BCUT2D eigenvalue weighted by Crippen LogP contribution is 2.41. The first kappa shape index (κ1) is 9.71. The average molecular weight is 207 g/mol. The molecule has 15 heavy (non-hydrogen) atoms. The van der Waals surface area contributed by atoms with E-state index >= 15 is 0 Å². The molecule has 2 heteroatoms. The van der Waals surface area contributed by atoms with Crippen LogP contribution in [0.3, 0.4) is 0 Å². The molecular weight excluding hydrogens is 186 g/mol. The lowest BCUT2D eigenvalue weighted by molar-refractivity contribution is 0.0433. The van der Waals surface area contributed by atoms with Gasteiger partial charge in [-0.2, -0.15) is 0 Å². The first-order valence-corrected chi connectivity index (χ1v) is 6.46. The van der Waals surface area contributed by atoms with Gasteiger partial charge in [-0.3, -0.25) is 0 Å². The third kappa shape index (κ3) is 1.92. The number of fused-ring (bicyclic) bond motifs is 2. The lowest BCUT2D eigenvalue weighted by Gasteiger charge is -2.41. The van der Waals surface area contributed by atoms with Gasteiger partial charge in [0.1, 0.15) is 0 Å². The van der Waals surface area contributed by atoms with Gasteiger partial charge >= 0.3 is 0 Å². The van der Waals surface area contributed by atoms with Gasteiger partial charge in [0.2, 0.25) is 0 Å². The van der Waals surface area contributed by atoms with Crippen molar-refractivity contribution in [1.82, 2.24) is 4.90 Å². The summed E-state index contributed by atoms with van der Waals surface area (Å²) in [5, 5.41) is 0. The molecule has 0 aromatic heterocycles. The van der Waals surface area contributed by atoms with Gasteiger partial charge in [0.15, 0.2) is 0 Å². The minimum Gasteiger partial charge on any atom is -0.378 e. The molecule has 0 aromatic rings. The van der Waals surface area contributed by atoms with Crippen LogP contribution in [0.2, 0.25) is 0 Å². The molecule has 2 atom stereocenters. The van der Waals surface area contributed by atoms with E-state index in [0.717, 1.165) is 38.1 Å². The highest BCUT2D eigenvalue weighted by molar-refractivity contribution is 5.12. The summed E-state index contributed by atoms with van der Waals surface area (Å²) < 4.78 is 5.43. The maximum absolute atomic E-state index is 5.43. The zero-order chi connectivity index (χ0) is 10.1. The lowest BCUT2D eigenvalue weighted by atomic mass is 9.74. The van der Waals surface area contributed by atoms with Crippen molar-refractivity contribution in [3.05, 3.63) is 11.8 Å². The molecule has 2 bridgehead atoms. The molecule has 1 aliphatic heterocycles. The number of nitrogens with zero attached hydrogens (tertiary/aromatic N) is 1. The quantitative estimate of drug-likeness (QED) is 0.654. The second-order valence-electron chi connectivity index (χ2n) is 5.19. The molecule has 3 rings (SSSR count). The van der Waals surface area contributed by atoms with Crippen LogP contribution in [0.5, 0.6) is 0 Å². The van der Waals surface area contributed by atoms with Gasteiger partial charge in [0.25, 0.3) is 0 Å². The predicted molar refractivity (Wildman–Crippen MR) is 60.5 cm³/mol. The molecule has 2 aliphatic carbocycles. The number of rotatable bonds is 1. The zero-order valence-corrected chi connectivity index (χ0v) is 9.45. The molecule has 0 spiro atoms. The van der Waals surface area contributed by atoms with Gasteiger partial charge in [0.05, 0.1) is 13.2 Å². The Kier molecular flexibility index (Phi) is 2.70. The summed E-state index contributed by atoms with van der Waals surface area (Å²) in [4.78, 5) is 2.58. The minimum absolute atomic E-state index is 0.885. The molecule has 0 aromatic carbocycles. The molecule has 2 fully saturated rings. The van der Waals surface area contributed by atoms with E-state index in [0.29, 0.717) is 0 Å². The molecule has 0 amide bonds. The third-order valence-corrected chi connectivity index (χ3v) is 4.24. The van der Waals surface area contributed by atoms with Crippen molar-refractivity contribution >= 4 is 0 Å². The molecule has 0 N–H and O–H groups in total. The maximum atomic E-state index is 5.43. The van der Waals surface area contributed by atoms with E-state index in [1.54, 1.807) is 5.70 Å². The highest BCUT2D eigenvalue weighted by atomic mass is 16.5. The molecule has 2 nitrogen and oxygen atoms in total. The minimum atomic E-state index is 0.885. The van der Waals surface area contributed by atoms with E-state index in [9.17, 15) is 0 Å². The Hall–Kier alpha value is -0.500. The van der Waals surface area contributed by atoms with Crippen molar-refractivity contribution in [3.63, 3.8) is 0 Å². The van der Waals surface area contributed by atoms with Crippen molar-refractivity contribution < 1.29 is 4.74 Å². The van der Waals surface area contributed by atoms with Gasteiger partial charge in [-0.1, -0.05) is 18.9 Å². The summed E-state index contributed by atoms with van der Waals surface area (Å²) in [5.41, 5.74) is 1.66. The standard InChI is InChI=1S/C13H21NO/c1-2-11-4-5-13(12(3-1)10-11)14-6-8-15-9-7-14/h5,11-12H,1-4,6-10H2. The normalized spacial score (nSPS) is 36.3. The predicted octanol–water partition coefficient (Wildman–Crippen LogP) is 2.41. The molecule has 1 heterocycles. The Balaban J connectivity index is 1.73. The second-order valence-corrected chi connectivity index (χ2v) is 5.19. The van der Waals surface area contributed by atoms with E-state index in [-0.39, 0.29) is 0 Å². The summed E-state index contributed by atoms with van der Waals surface area (Å²) in [6, 6.07) is 0. The number of hydrogen-bond acceptors (Lipinski definition) is 2. The van der Waals surface area contributed by atoms with Gasteiger partial charge in [-0.05, 0) is 31.1 Å². The number of hydrogen-bond donors (Lipinski definition) is 0. The Labute approximate surface area is 92.3 Å². The van der Waals surface area contributed by atoms with Crippen LogP contribution < -0.4 is 0 Å². The van der Waals surface area contributed by atoms with Gasteiger partial charge < -0.3 is 9.64 Å². The fraction of sp³-hybridized carbons (Fsp3) is 0.846. The summed E-state index contributed by atoms with van der Waals surface area (Å²) in [5.74, 6) is 1.89. The second kappa shape index (κ2) is 4.17. The van der Waals surface area contributed by atoms with Crippen LogP contribution in [-0.4, -0.2) is 31.2 Å². The van der Waals surface area contributed by atoms with Crippen LogP contribution in [-0.2, 0) is 4.74 Å². The van der Waals surface area contributed by atoms with Crippen LogP contribution >= 0.6 is 0 Å². The lowest BCUT2D eigenvalue weighted by Crippen LogP contribution is -2.40. The fourth-order valence-electron chi connectivity index (χ4n) is 3.44. The Morgan fingerprint density at radius 2 is 2.07 bits per heavy atom. The molecule has 2 unspecified atom stereocenters. The van der Waals surface area contributed by atoms with E-state index in [4.69, 9.17) is 4.74 Å². The molecule has 0 radical (unpaired) electrons. The van der Waals surface area contributed by atoms with Crippen molar-refractivity contribution in [1.29, 1.82) is 0 Å². The highest BCUT2D eigenvalue weighted by Gasteiger charge is 2.30. The summed E-state index contributed by atoms with van der Waals surface area (Å²) in [6.45, 7) is 4.08. The topological polar surface area (TPSA) is 12.5 Å². The van der Waals surface area contributed by atoms with Crippen LogP contribution in [0.15, 0.2) is 11.8 Å².